The second kappa shape index (κ2) is 8.77. The topological polar surface area (TPSA) is 80.0 Å². The molecule has 1 aliphatic rings. The lowest BCUT2D eigenvalue weighted by Crippen LogP contribution is -3.16. The number of carbonyl (C=O) groups excluding carboxylic acids is 2. The lowest BCUT2D eigenvalue weighted by molar-refractivity contribution is -0.892. The molecule has 2 amide bonds. The first-order valence-corrected chi connectivity index (χ1v) is 9.32. The van der Waals surface area contributed by atoms with E-state index in [9.17, 15) is 9.59 Å². The van der Waals surface area contributed by atoms with Gasteiger partial charge in [0.15, 0.2) is 6.54 Å². The van der Waals surface area contributed by atoms with Crippen LogP contribution in [0.25, 0.3) is 0 Å². The summed E-state index contributed by atoms with van der Waals surface area (Å²) in [6.07, 6.45) is 1.91. The molecule has 1 aliphatic heterocycles. The molecule has 4 N–H and O–H groups in total. The van der Waals surface area contributed by atoms with Gasteiger partial charge in [0.2, 0.25) is 0 Å². The van der Waals surface area contributed by atoms with Crippen molar-refractivity contribution in [3.05, 3.63) is 58.7 Å². The molecule has 26 heavy (non-hydrogen) atoms. The van der Waals surface area contributed by atoms with Crippen molar-refractivity contribution in [3.63, 3.8) is 0 Å². The van der Waals surface area contributed by atoms with E-state index in [0.717, 1.165) is 32.0 Å². The summed E-state index contributed by atoms with van der Waals surface area (Å²) in [6, 6.07) is 13.1. The van der Waals surface area contributed by atoms with Crippen molar-refractivity contribution in [1.29, 1.82) is 0 Å². The van der Waals surface area contributed by atoms with Crippen LogP contribution in [0, 0.1) is 0 Å². The van der Waals surface area contributed by atoms with E-state index in [0.29, 0.717) is 16.6 Å². The highest BCUT2D eigenvalue weighted by Crippen LogP contribution is 2.15. The molecule has 0 atom stereocenters. The smallest absolute Gasteiger partial charge is 0.293 e. The number of benzene rings is 1. The Hall–Kier alpha value is -2.45. The number of nitrogens with zero attached hydrogens (tertiary/aromatic N) is 1. The van der Waals surface area contributed by atoms with Gasteiger partial charge in [0.1, 0.15) is 26.2 Å². The van der Waals surface area contributed by atoms with Gasteiger partial charge in [-0.3, -0.25) is 25.3 Å². The van der Waals surface area contributed by atoms with Gasteiger partial charge in [-0.1, -0.05) is 18.2 Å². The van der Waals surface area contributed by atoms with Crippen molar-refractivity contribution < 1.29 is 19.5 Å². The second-order valence-electron chi connectivity index (χ2n) is 6.14. The van der Waals surface area contributed by atoms with Crippen molar-refractivity contribution in [2.24, 2.45) is 0 Å². The number of piperazine rings is 1. The van der Waals surface area contributed by atoms with Crippen LogP contribution < -0.4 is 25.6 Å². The maximum atomic E-state index is 12.1. The van der Waals surface area contributed by atoms with Crippen molar-refractivity contribution in [2.45, 2.75) is 0 Å². The minimum atomic E-state index is -0.342. The molecule has 1 aromatic carbocycles. The molecule has 0 bridgehead atoms. The Kier molecular flexibility index (Phi) is 6.19. The highest BCUT2D eigenvalue weighted by Gasteiger charge is 2.27. The summed E-state index contributed by atoms with van der Waals surface area (Å²) in [5.74, 6) is 0.557. The van der Waals surface area contributed by atoms with Crippen molar-refractivity contribution >= 4 is 33.6 Å². The van der Waals surface area contributed by atoms with E-state index >= 15 is 0 Å². The third-order valence-electron chi connectivity index (χ3n) is 4.35. The van der Waals surface area contributed by atoms with Gasteiger partial charge in [0.05, 0.1) is 11.8 Å². The average molecular weight is 420 g/mol. The van der Waals surface area contributed by atoms with Crippen LogP contribution in [0.15, 0.2) is 53.1 Å². The Morgan fingerprint density at radius 1 is 1.08 bits per heavy atom. The minimum absolute atomic E-state index is 0.194. The summed E-state index contributed by atoms with van der Waals surface area (Å²) < 4.78 is 0.686. The van der Waals surface area contributed by atoms with Crippen LogP contribution in [0.1, 0.15) is 10.4 Å². The fourth-order valence-corrected chi connectivity index (χ4v) is 3.40. The molecular formula is C18H22BrN5O2+2. The van der Waals surface area contributed by atoms with Gasteiger partial charge in [0.25, 0.3) is 17.6 Å². The zero-order valence-corrected chi connectivity index (χ0v) is 15.9. The van der Waals surface area contributed by atoms with Crippen LogP contribution >= 0.6 is 15.9 Å². The fourth-order valence-electron chi connectivity index (χ4n) is 2.93. The molecule has 2 aromatic rings. The molecule has 1 fully saturated rings. The van der Waals surface area contributed by atoms with Crippen LogP contribution in [0.5, 0.6) is 0 Å². The van der Waals surface area contributed by atoms with Crippen LogP contribution in [0.4, 0.5) is 5.82 Å². The maximum Gasteiger partial charge on any atom is 0.293 e. The van der Waals surface area contributed by atoms with E-state index in [-0.39, 0.29) is 11.8 Å². The molecule has 2 heterocycles. The van der Waals surface area contributed by atoms with E-state index in [1.807, 2.05) is 24.4 Å². The number of halogens is 1. The summed E-state index contributed by atoms with van der Waals surface area (Å²) in [5.41, 5.74) is 5.44. The number of H-pyrrole nitrogens is 1. The number of amides is 2. The number of aromatic amines is 1. The van der Waals surface area contributed by atoms with Gasteiger partial charge in [-0.05, 0) is 34.1 Å². The van der Waals surface area contributed by atoms with E-state index in [4.69, 9.17) is 0 Å². The number of hydrogen-bond donors (Lipinski definition) is 3. The molecule has 0 unspecified atom stereocenters. The first kappa shape index (κ1) is 18.3. The quantitative estimate of drug-likeness (QED) is 0.580. The van der Waals surface area contributed by atoms with Gasteiger partial charge in [-0.15, -0.1) is 0 Å². The third kappa shape index (κ3) is 4.80. The van der Waals surface area contributed by atoms with Gasteiger partial charge < -0.3 is 4.90 Å². The van der Waals surface area contributed by atoms with Gasteiger partial charge in [-0.25, -0.2) is 4.98 Å². The summed E-state index contributed by atoms with van der Waals surface area (Å²) in [6.45, 7) is 3.84. The molecule has 0 saturated carbocycles. The Morgan fingerprint density at radius 3 is 2.50 bits per heavy atom. The number of pyridine rings is 1. The molecule has 7 nitrogen and oxygen atoms in total. The molecule has 136 valence electrons. The number of anilines is 1. The van der Waals surface area contributed by atoms with E-state index in [1.165, 1.54) is 4.90 Å². The Morgan fingerprint density at radius 2 is 1.81 bits per heavy atom. The Bertz CT molecular complexity index is 763. The summed E-state index contributed by atoms with van der Waals surface area (Å²) in [5, 5.41) is 0. The normalized spacial score (nSPS) is 14.7. The largest absolute Gasteiger partial charge is 0.321 e. The van der Waals surface area contributed by atoms with Gasteiger partial charge >= 0.3 is 0 Å². The molecule has 0 aliphatic carbocycles. The number of aromatic nitrogens is 1. The van der Waals surface area contributed by atoms with Crippen molar-refractivity contribution in [2.75, 3.05) is 37.6 Å². The van der Waals surface area contributed by atoms with Gasteiger partial charge in [-0.2, -0.15) is 0 Å². The molecule has 1 saturated heterocycles. The van der Waals surface area contributed by atoms with Crippen LogP contribution in [0.3, 0.4) is 0 Å². The van der Waals surface area contributed by atoms with E-state index in [1.54, 1.807) is 18.2 Å². The standard InChI is InChI=1S/C18H20BrN5O2/c19-15-6-2-1-5-14(15)18(26)22-21-17(25)13-23-9-11-24(12-10-23)16-7-3-4-8-20-16/h1-8H,9-13H2,(H,21,25)(H,22,26)/p+2. The SMILES string of the molecule is O=C(C[NH+]1CCN(c2cccc[nH+]2)CC1)NNC(=O)c1ccccc1Br. The van der Waals surface area contributed by atoms with Crippen LogP contribution in [-0.2, 0) is 4.79 Å². The van der Waals surface area contributed by atoms with Gasteiger partial charge in [0, 0.05) is 10.5 Å². The zero-order chi connectivity index (χ0) is 18.4. The Balaban J connectivity index is 1.42. The number of hydrogen-bond acceptors (Lipinski definition) is 3. The van der Waals surface area contributed by atoms with Crippen LogP contribution in [0.2, 0.25) is 0 Å². The molecule has 0 radical (unpaired) electrons. The molecule has 0 spiro atoms. The number of carbonyl (C=O) groups is 2. The minimum Gasteiger partial charge on any atom is -0.321 e. The van der Waals surface area contributed by atoms with Crippen molar-refractivity contribution in [1.82, 2.24) is 10.9 Å². The third-order valence-corrected chi connectivity index (χ3v) is 5.04. The molecular weight excluding hydrogens is 398 g/mol. The first-order valence-electron chi connectivity index (χ1n) is 8.52. The monoisotopic (exact) mass is 419 g/mol. The highest BCUT2D eigenvalue weighted by atomic mass is 79.9. The zero-order valence-electron chi connectivity index (χ0n) is 14.3. The number of quaternary nitrogens is 1. The Labute approximate surface area is 160 Å². The predicted octanol–water partition coefficient (Wildman–Crippen LogP) is -0.571. The first-order chi connectivity index (χ1) is 12.6. The van der Waals surface area contributed by atoms with Crippen molar-refractivity contribution in [3.8, 4) is 0 Å². The lowest BCUT2D eigenvalue weighted by Gasteiger charge is -2.27. The number of nitrogens with one attached hydrogen (secondary N) is 4. The molecule has 3 rings (SSSR count). The summed E-state index contributed by atoms with van der Waals surface area (Å²) in [7, 11) is 0. The summed E-state index contributed by atoms with van der Waals surface area (Å²) in [4.78, 5) is 30.9. The highest BCUT2D eigenvalue weighted by molar-refractivity contribution is 9.10. The van der Waals surface area contributed by atoms with E-state index < -0.39 is 0 Å². The number of rotatable bonds is 4. The average Bonchev–Trinajstić information content (AvgIpc) is 2.68. The molecule has 8 heteroatoms. The predicted molar refractivity (Wildman–Crippen MR) is 101 cm³/mol. The number of hydrazine groups is 1. The lowest BCUT2D eigenvalue weighted by atomic mass is 10.2. The summed E-state index contributed by atoms with van der Waals surface area (Å²) >= 11 is 3.32. The second-order valence-corrected chi connectivity index (χ2v) is 7.00. The molecule has 1 aromatic heterocycles. The van der Waals surface area contributed by atoms with E-state index in [2.05, 4.69) is 42.7 Å². The van der Waals surface area contributed by atoms with Crippen LogP contribution in [-0.4, -0.2) is 44.5 Å². The maximum absolute atomic E-state index is 12.1. The fraction of sp³-hybridized carbons (Fsp3) is 0.278.